The number of hydrogen-bond donors (Lipinski definition) is 0. The minimum absolute atomic E-state index is 0.116. The summed E-state index contributed by atoms with van der Waals surface area (Å²) in [6.07, 6.45) is 0. The Labute approximate surface area is 105 Å². The molecule has 96 valence electrons. The molecule has 0 aliphatic rings. The van der Waals surface area contributed by atoms with Crippen molar-refractivity contribution in [3.63, 3.8) is 0 Å². The van der Waals surface area contributed by atoms with Crippen LogP contribution in [-0.2, 0) is 0 Å². The van der Waals surface area contributed by atoms with Gasteiger partial charge in [-0.25, -0.2) is 13.2 Å². The summed E-state index contributed by atoms with van der Waals surface area (Å²) in [5.74, 6) is -1.16. The molecular weight excluding hydrogens is 237 g/mol. The fourth-order valence-electron chi connectivity index (χ4n) is 1.39. The van der Waals surface area contributed by atoms with Gasteiger partial charge in [0.15, 0.2) is 0 Å². The third-order valence-electron chi connectivity index (χ3n) is 2.33. The Morgan fingerprint density at radius 2 is 1.22 bits per heavy atom. The lowest BCUT2D eigenvalue weighted by Gasteiger charge is -1.94. The van der Waals surface area contributed by atoms with Crippen LogP contribution in [0.15, 0.2) is 36.4 Å². The van der Waals surface area contributed by atoms with Gasteiger partial charge in [0.05, 0.1) is 0 Å². The van der Waals surface area contributed by atoms with Crippen LogP contribution in [0, 0.1) is 38.2 Å². The van der Waals surface area contributed by atoms with Gasteiger partial charge in [0, 0.05) is 6.07 Å². The van der Waals surface area contributed by atoms with Crippen LogP contribution in [0.5, 0.6) is 0 Å². The van der Waals surface area contributed by atoms with Crippen molar-refractivity contribution in [2.24, 2.45) is 0 Å². The summed E-state index contributed by atoms with van der Waals surface area (Å²) in [5.41, 5.74) is 2.28. The van der Waals surface area contributed by atoms with Gasteiger partial charge in [-0.3, -0.25) is 0 Å². The molecule has 0 saturated heterocycles. The molecule has 0 N–H and O–H groups in total. The smallest absolute Gasteiger partial charge is 0.126 e. The Bertz CT molecular complexity index is 483. The molecular formula is C15H15F3. The van der Waals surface area contributed by atoms with E-state index in [1.807, 2.05) is 13.0 Å². The molecule has 3 heteroatoms. The van der Waals surface area contributed by atoms with E-state index in [4.69, 9.17) is 0 Å². The number of halogens is 3. The van der Waals surface area contributed by atoms with E-state index < -0.39 is 11.6 Å². The Kier molecular flexibility index (Phi) is 4.95. The first-order chi connectivity index (χ1) is 8.38. The monoisotopic (exact) mass is 252 g/mol. The van der Waals surface area contributed by atoms with Crippen LogP contribution >= 0.6 is 0 Å². The summed E-state index contributed by atoms with van der Waals surface area (Å²) >= 11 is 0. The van der Waals surface area contributed by atoms with E-state index in [1.54, 1.807) is 19.9 Å². The van der Waals surface area contributed by atoms with Gasteiger partial charge >= 0.3 is 0 Å². The molecule has 0 amide bonds. The molecule has 0 bridgehead atoms. The SMILES string of the molecule is Cc1cc(F)cc(F)c1.Cc1ccc(C)c(F)c1. The Balaban J connectivity index is 0.000000180. The molecule has 0 aliphatic carbocycles. The van der Waals surface area contributed by atoms with Gasteiger partial charge in [-0.1, -0.05) is 12.1 Å². The van der Waals surface area contributed by atoms with Crippen LogP contribution in [0.4, 0.5) is 13.2 Å². The van der Waals surface area contributed by atoms with Gasteiger partial charge in [-0.05, 0) is 55.7 Å². The van der Waals surface area contributed by atoms with Crippen molar-refractivity contribution in [3.05, 3.63) is 70.5 Å². The highest BCUT2D eigenvalue weighted by atomic mass is 19.1. The predicted octanol–water partition coefficient (Wildman–Crippen LogP) is 4.72. The lowest BCUT2D eigenvalue weighted by molar-refractivity contribution is 0.581. The highest BCUT2D eigenvalue weighted by Gasteiger charge is 1.94. The van der Waals surface area contributed by atoms with Gasteiger partial charge in [-0.2, -0.15) is 0 Å². The third-order valence-corrected chi connectivity index (χ3v) is 2.33. The summed E-state index contributed by atoms with van der Waals surface area (Å²) < 4.78 is 37.0. The first-order valence-corrected chi connectivity index (χ1v) is 5.54. The zero-order valence-corrected chi connectivity index (χ0v) is 10.6. The van der Waals surface area contributed by atoms with E-state index in [0.29, 0.717) is 11.1 Å². The van der Waals surface area contributed by atoms with Crippen LogP contribution in [0.2, 0.25) is 0 Å². The third kappa shape index (κ3) is 4.62. The molecule has 0 nitrogen and oxygen atoms in total. The lowest BCUT2D eigenvalue weighted by atomic mass is 10.2. The van der Waals surface area contributed by atoms with Gasteiger partial charge in [0.25, 0.3) is 0 Å². The van der Waals surface area contributed by atoms with E-state index >= 15 is 0 Å². The summed E-state index contributed by atoms with van der Waals surface area (Å²) in [4.78, 5) is 0. The predicted molar refractivity (Wildman–Crippen MR) is 67.0 cm³/mol. The molecule has 0 aromatic heterocycles. The number of rotatable bonds is 0. The second-order valence-corrected chi connectivity index (χ2v) is 4.20. The van der Waals surface area contributed by atoms with Gasteiger partial charge in [-0.15, -0.1) is 0 Å². The molecule has 2 rings (SSSR count). The number of hydrogen-bond acceptors (Lipinski definition) is 0. The quantitative estimate of drug-likeness (QED) is 0.636. The van der Waals surface area contributed by atoms with Crippen molar-refractivity contribution in [3.8, 4) is 0 Å². The Hall–Kier alpha value is -1.77. The average molecular weight is 252 g/mol. The van der Waals surface area contributed by atoms with Crippen LogP contribution in [0.25, 0.3) is 0 Å². The summed E-state index contributed by atoms with van der Waals surface area (Å²) in [5, 5.41) is 0. The van der Waals surface area contributed by atoms with Crippen molar-refractivity contribution in [2.45, 2.75) is 20.8 Å². The highest BCUT2D eigenvalue weighted by Crippen LogP contribution is 2.07. The molecule has 2 aromatic carbocycles. The van der Waals surface area contributed by atoms with Crippen LogP contribution < -0.4 is 0 Å². The fourth-order valence-corrected chi connectivity index (χ4v) is 1.39. The summed E-state index contributed by atoms with van der Waals surface area (Å²) in [7, 11) is 0. The summed E-state index contributed by atoms with van der Waals surface area (Å²) in [6, 6.07) is 8.64. The van der Waals surface area contributed by atoms with Gasteiger partial charge < -0.3 is 0 Å². The first kappa shape index (κ1) is 14.3. The minimum atomic E-state index is -0.521. The molecule has 18 heavy (non-hydrogen) atoms. The first-order valence-electron chi connectivity index (χ1n) is 5.54. The summed E-state index contributed by atoms with van der Waals surface area (Å²) in [6.45, 7) is 5.28. The lowest BCUT2D eigenvalue weighted by Crippen LogP contribution is -1.81. The van der Waals surface area contributed by atoms with Crippen LogP contribution in [-0.4, -0.2) is 0 Å². The molecule has 0 heterocycles. The number of benzene rings is 2. The van der Waals surface area contributed by atoms with Gasteiger partial charge in [0.2, 0.25) is 0 Å². The maximum absolute atomic E-state index is 12.6. The molecule has 0 spiro atoms. The second kappa shape index (κ2) is 6.24. The van der Waals surface area contributed by atoms with Crippen LogP contribution in [0.1, 0.15) is 16.7 Å². The molecule has 0 unspecified atom stereocenters. The van der Waals surface area contributed by atoms with Gasteiger partial charge in [0.1, 0.15) is 17.5 Å². The maximum atomic E-state index is 12.6. The molecule has 0 saturated carbocycles. The standard InChI is InChI=1S/C8H9F.C7H6F2/c1-6-3-4-7(2)8(9)5-6;1-5-2-6(8)4-7(9)3-5/h3-5H,1-2H3;2-4H,1H3. The van der Waals surface area contributed by atoms with E-state index in [-0.39, 0.29) is 5.82 Å². The van der Waals surface area contributed by atoms with Crippen LogP contribution in [0.3, 0.4) is 0 Å². The average Bonchev–Trinajstić information content (AvgIpc) is 2.23. The normalized spacial score (nSPS) is 9.67. The van der Waals surface area contributed by atoms with Crippen molar-refractivity contribution in [2.75, 3.05) is 0 Å². The van der Waals surface area contributed by atoms with Crippen molar-refractivity contribution >= 4 is 0 Å². The van der Waals surface area contributed by atoms with E-state index in [2.05, 4.69) is 0 Å². The fraction of sp³-hybridized carbons (Fsp3) is 0.200. The molecule has 0 radical (unpaired) electrons. The highest BCUT2D eigenvalue weighted by molar-refractivity contribution is 5.21. The number of aryl methyl sites for hydroxylation is 3. The molecule has 0 aliphatic heterocycles. The topological polar surface area (TPSA) is 0 Å². The maximum Gasteiger partial charge on any atom is 0.126 e. The Morgan fingerprint density at radius 3 is 1.61 bits per heavy atom. The van der Waals surface area contributed by atoms with E-state index in [1.165, 1.54) is 18.2 Å². The second-order valence-electron chi connectivity index (χ2n) is 4.20. The molecule has 0 atom stereocenters. The van der Waals surface area contributed by atoms with E-state index in [0.717, 1.165) is 11.6 Å². The zero-order chi connectivity index (χ0) is 13.7. The van der Waals surface area contributed by atoms with Crippen molar-refractivity contribution in [1.29, 1.82) is 0 Å². The molecule has 0 fully saturated rings. The largest absolute Gasteiger partial charge is 0.207 e. The Morgan fingerprint density at radius 1 is 0.667 bits per heavy atom. The zero-order valence-electron chi connectivity index (χ0n) is 10.6. The minimum Gasteiger partial charge on any atom is -0.207 e. The molecule has 2 aromatic rings. The van der Waals surface area contributed by atoms with E-state index in [9.17, 15) is 13.2 Å². The van der Waals surface area contributed by atoms with Crippen molar-refractivity contribution in [1.82, 2.24) is 0 Å². The van der Waals surface area contributed by atoms with Crippen molar-refractivity contribution < 1.29 is 13.2 Å².